The number of nitrogens with one attached hydrogen (secondary N) is 1. The number of aryl methyl sites for hydroxylation is 1. The lowest BCUT2D eigenvalue weighted by molar-refractivity contribution is 0.137. The van der Waals surface area contributed by atoms with Gasteiger partial charge in [-0.2, -0.15) is 0 Å². The number of aromatic nitrogens is 1. The zero-order chi connectivity index (χ0) is 18.4. The van der Waals surface area contributed by atoms with Gasteiger partial charge in [-0.1, -0.05) is 18.2 Å². The van der Waals surface area contributed by atoms with Crippen molar-refractivity contribution in [2.45, 2.75) is 26.9 Å². The van der Waals surface area contributed by atoms with Crippen LogP contribution in [-0.2, 0) is 0 Å². The Labute approximate surface area is 157 Å². The number of benzene rings is 1. The normalized spacial score (nSPS) is 11.7. The molecule has 0 fully saturated rings. The second-order valence-electron chi connectivity index (χ2n) is 5.82. The Morgan fingerprint density at radius 1 is 1.32 bits per heavy atom. The standard InChI is InChI=1S/C19H24BrN3O2/c1-5-23(4)18(21)16-11-17(20)19(22-14(16)3)25-13(2)12-24-15-9-7-6-8-10-15/h6-11,13,21H,5,12H2,1-4H3. The van der Waals surface area contributed by atoms with Crippen LogP contribution < -0.4 is 9.47 Å². The van der Waals surface area contributed by atoms with E-state index in [1.165, 1.54) is 0 Å². The number of pyridine rings is 1. The second kappa shape index (κ2) is 8.85. The lowest BCUT2D eigenvalue weighted by Gasteiger charge is -2.21. The average molecular weight is 406 g/mol. The summed E-state index contributed by atoms with van der Waals surface area (Å²) in [5, 5.41) is 8.25. The third-order valence-corrected chi connectivity index (χ3v) is 4.35. The van der Waals surface area contributed by atoms with Gasteiger partial charge in [-0.25, -0.2) is 4.98 Å². The van der Waals surface area contributed by atoms with Gasteiger partial charge >= 0.3 is 0 Å². The van der Waals surface area contributed by atoms with E-state index in [4.69, 9.17) is 14.9 Å². The summed E-state index contributed by atoms with van der Waals surface area (Å²) in [6, 6.07) is 11.5. The molecule has 0 amide bonds. The number of amidine groups is 1. The summed E-state index contributed by atoms with van der Waals surface area (Å²) >= 11 is 3.50. The molecule has 1 heterocycles. The summed E-state index contributed by atoms with van der Waals surface area (Å²) < 4.78 is 12.3. The van der Waals surface area contributed by atoms with Gasteiger partial charge in [-0.15, -0.1) is 0 Å². The first-order chi connectivity index (χ1) is 11.9. The van der Waals surface area contributed by atoms with Crippen molar-refractivity contribution in [2.24, 2.45) is 0 Å². The average Bonchev–Trinajstić information content (AvgIpc) is 2.62. The molecule has 0 aliphatic rings. The van der Waals surface area contributed by atoms with E-state index in [2.05, 4.69) is 20.9 Å². The molecule has 1 N–H and O–H groups in total. The van der Waals surface area contributed by atoms with Crippen LogP contribution >= 0.6 is 15.9 Å². The van der Waals surface area contributed by atoms with Gasteiger partial charge in [0.2, 0.25) is 5.88 Å². The van der Waals surface area contributed by atoms with Crippen LogP contribution in [0.4, 0.5) is 0 Å². The van der Waals surface area contributed by atoms with E-state index >= 15 is 0 Å². The molecule has 0 bridgehead atoms. The van der Waals surface area contributed by atoms with Crippen LogP contribution in [-0.4, -0.2) is 42.0 Å². The van der Waals surface area contributed by atoms with E-state index in [1.54, 1.807) is 0 Å². The van der Waals surface area contributed by atoms with E-state index in [1.807, 2.05) is 69.1 Å². The lowest BCUT2D eigenvalue weighted by atomic mass is 10.1. The Morgan fingerprint density at radius 3 is 2.64 bits per heavy atom. The lowest BCUT2D eigenvalue weighted by Crippen LogP contribution is -2.27. The molecule has 6 heteroatoms. The number of nitrogens with zero attached hydrogens (tertiary/aromatic N) is 2. The molecule has 1 aromatic heterocycles. The van der Waals surface area contributed by atoms with Crippen LogP contribution in [0.3, 0.4) is 0 Å². The smallest absolute Gasteiger partial charge is 0.228 e. The molecular weight excluding hydrogens is 382 g/mol. The summed E-state index contributed by atoms with van der Waals surface area (Å²) in [5.74, 6) is 1.77. The highest BCUT2D eigenvalue weighted by atomic mass is 79.9. The fraction of sp³-hybridized carbons (Fsp3) is 0.368. The molecule has 0 saturated carbocycles. The van der Waals surface area contributed by atoms with Gasteiger partial charge in [-0.3, -0.25) is 5.41 Å². The summed E-state index contributed by atoms with van der Waals surface area (Å²) in [5.41, 5.74) is 1.55. The predicted octanol–water partition coefficient (Wildman–Crippen LogP) is 4.28. The minimum atomic E-state index is -0.160. The highest BCUT2D eigenvalue weighted by Crippen LogP contribution is 2.27. The largest absolute Gasteiger partial charge is 0.490 e. The van der Waals surface area contributed by atoms with Gasteiger partial charge in [0.25, 0.3) is 0 Å². The Morgan fingerprint density at radius 2 is 2.00 bits per heavy atom. The zero-order valence-corrected chi connectivity index (χ0v) is 16.6. The monoisotopic (exact) mass is 405 g/mol. The van der Waals surface area contributed by atoms with Crippen LogP contribution in [0.2, 0.25) is 0 Å². The molecule has 5 nitrogen and oxygen atoms in total. The van der Waals surface area contributed by atoms with Crippen LogP contribution in [0.25, 0.3) is 0 Å². The predicted molar refractivity (Wildman–Crippen MR) is 104 cm³/mol. The van der Waals surface area contributed by atoms with Gasteiger partial charge in [0.15, 0.2) is 0 Å². The number of hydrogen-bond acceptors (Lipinski definition) is 4. The fourth-order valence-corrected chi connectivity index (χ4v) is 2.61. The highest BCUT2D eigenvalue weighted by molar-refractivity contribution is 9.10. The van der Waals surface area contributed by atoms with Crippen molar-refractivity contribution in [2.75, 3.05) is 20.2 Å². The van der Waals surface area contributed by atoms with Gasteiger partial charge in [-0.05, 0) is 54.9 Å². The number of rotatable bonds is 7. The topological polar surface area (TPSA) is 58.4 Å². The fourth-order valence-electron chi connectivity index (χ4n) is 2.20. The molecule has 0 aliphatic heterocycles. The van der Waals surface area contributed by atoms with Gasteiger partial charge in [0.05, 0.1) is 10.2 Å². The Bertz CT molecular complexity index is 722. The van der Waals surface area contributed by atoms with Crippen molar-refractivity contribution >= 4 is 21.8 Å². The van der Waals surface area contributed by atoms with Crippen LogP contribution in [0.1, 0.15) is 25.1 Å². The maximum Gasteiger partial charge on any atom is 0.228 e. The molecule has 0 spiro atoms. The minimum Gasteiger partial charge on any atom is -0.490 e. The van der Waals surface area contributed by atoms with Crippen molar-refractivity contribution in [3.8, 4) is 11.6 Å². The molecular formula is C19H24BrN3O2. The van der Waals surface area contributed by atoms with E-state index in [9.17, 15) is 0 Å². The molecule has 1 atom stereocenters. The third kappa shape index (κ3) is 5.19. The molecule has 0 saturated heterocycles. The summed E-state index contributed by atoms with van der Waals surface area (Å²) in [7, 11) is 1.89. The quantitative estimate of drug-likeness (QED) is 0.551. The maximum atomic E-state index is 8.25. The van der Waals surface area contributed by atoms with Crippen LogP contribution in [0.5, 0.6) is 11.6 Å². The second-order valence-corrected chi connectivity index (χ2v) is 6.68. The van der Waals surface area contributed by atoms with Crippen molar-refractivity contribution < 1.29 is 9.47 Å². The van der Waals surface area contributed by atoms with E-state index < -0.39 is 0 Å². The molecule has 1 unspecified atom stereocenters. The summed E-state index contributed by atoms with van der Waals surface area (Å²) in [6.07, 6.45) is -0.160. The number of para-hydroxylation sites is 1. The first-order valence-electron chi connectivity index (χ1n) is 8.24. The number of ether oxygens (including phenoxy) is 2. The molecule has 134 valence electrons. The third-order valence-electron chi connectivity index (χ3n) is 3.79. The van der Waals surface area contributed by atoms with E-state index in [0.29, 0.717) is 18.3 Å². The minimum absolute atomic E-state index is 0.160. The maximum absolute atomic E-state index is 8.25. The van der Waals surface area contributed by atoms with Crippen molar-refractivity contribution in [1.29, 1.82) is 5.41 Å². The molecule has 2 rings (SSSR count). The highest BCUT2D eigenvalue weighted by Gasteiger charge is 2.16. The van der Waals surface area contributed by atoms with E-state index in [0.717, 1.165) is 28.0 Å². The Balaban J connectivity index is 2.04. The SMILES string of the molecule is CCN(C)C(=N)c1cc(Br)c(OC(C)COc2ccccc2)nc1C. The first-order valence-corrected chi connectivity index (χ1v) is 9.03. The first kappa shape index (κ1) is 19.2. The van der Waals surface area contributed by atoms with Crippen molar-refractivity contribution in [1.82, 2.24) is 9.88 Å². The molecule has 25 heavy (non-hydrogen) atoms. The number of halogens is 1. The van der Waals surface area contributed by atoms with Gasteiger partial charge in [0, 0.05) is 19.2 Å². The number of hydrogen-bond donors (Lipinski definition) is 1. The van der Waals surface area contributed by atoms with Gasteiger partial charge < -0.3 is 14.4 Å². The molecule has 2 aromatic rings. The Hall–Kier alpha value is -2.08. The van der Waals surface area contributed by atoms with Gasteiger partial charge in [0.1, 0.15) is 24.3 Å². The van der Waals surface area contributed by atoms with Crippen LogP contribution in [0, 0.1) is 12.3 Å². The van der Waals surface area contributed by atoms with Crippen molar-refractivity contribution in [3.63, 3.8) is 0 Å². The molecule has 0 radical (unpaired) electrons. The van der Waals surface area contributed by atoms with Crippen LogP contribution in [0.15, 0.2) is 40.9 Å². The molecule has 0 aliphatic carbocycles. The zero-order valence-electron chi connectivity index (χ0n) is 15.0. The summed E-state index contributed by atoms with van der Waals surface area (Å²) in [6.45, 7) is 7.03. The van der Waals surface area contributed by atoms with Crippen molar-refractivity contribution in [3.05, 3.63) is 52.1 Å². The van der Waals surface area contributed by atoms with E-state index in [-0.39, 0.29) is 6.10 Å². The Kier molecular flexibility index (Phi) is 6.82. The molecule has 1 aromatic carbocycles. The summed E-state index contributed by atoms with van der Waals surface area (Å²) in [4.78, 5) is 6.38.